The molecule has 0 aliphatic carbocycles. The highest BCUT2D eigenvalue weighted by Gasteiger charge is 2.13. The van der Waals surface area contributed by atoms with E-state index in [4.69, 9.17) is 8.83 Å². The second kappa shape index (κ2) is 7.13. The van der Waals surface area contributed by atoms with Crippen molar-refractivity contribution < 1.29 is 17.6 Å². The van der Waals surface area contributed by atoms with E-state index in [2.05, 4.69) is 9.97 Å². The van der Waals surface area contributed by atoms with Crippen LogP contribution in [-0.2, 0) is 0 Å². The van der Waals surface area contributed by atoms with Gasteiger partial charge < -0.3 is 8.83 Å². The molecule has 0 aliphatic heterocycles. The molecule has 0 radical (unpaired) electrons. The number of benzene rings is 4. The first-order chi connectivity index (χ1) is 15.6. The van der Waals surface area contributed by atoms with E-state index < -0.39 is 0 Å². The fourth-order valence-electron chi connectivity index (χ4n) is 3.70. The van der Waals surface area contributed by atoms with Gasteiger partial charge in [-0.25, -0.2) is 18.7 Å². The standard InChI is InChI=1S/C26H14F2N2O2/c27-19-5-1-3-17(11-19)25-29-21-9-7-15(13-23(21)31-25)16-8-10-22-24(14-16)32-26(30-22)18-4-2-6-20(28)12-18/h1-14H. The predicted molar refractivity (Wildman–Crippen MR) is 118 cm³/mol. The normalized spacial score (nSPS) is 11.4. The first kappa shape index (κ1) is 18.4. The maximum Gasteiger partial charge on any atom is 0.227 e. The van der Waals surface area contributed by atoms with E-state index in [9.17, 15) is 8.78 Å². The maximum atomic E-state index is 13.5. The van der Waals surface area contributed by atoms with Crippen LogP contribution in [0.3, 0.4) is 0 Å². The summed E-state index contributed by atoms with van der Waals surface area (Å²) in [7, 11) is 0. The molecule has 2 heterocycles. The Morgan fingerprint density at radius 2 is 0.969 bits per heavy atom. The van der Waals surface area contributed by atoms with Gasteiger partial charge in [0.25, 0.3) is 0 Å². The summed E-state index contributed by atoms with van der Waals surface area (Å²) in [6.07, 6.45) is 0. The summed E-state index contributed by atoms with van der Waals surface area (Å²) < 4.78 is 38.9. The van der Waals surface area contributed by atoms with Crippen LogP contribution in [0.25, 0.3) is 56.2 Å². The molecule has 0 amide bonds. The minimum absolute atomic E-state index is 0.344. The molecule has 6 aromatic rings. The SMILES string of the molecule is Fc1cccc(-c2nc3ccc(-c4ccc5nc(-c6cccc(F)c6)oc5c4)cc3o2)c1. The first-order valence-corrected chi connectivity index (χ1v) is 9.96. The summed E-state index contributed by atoms with van der Waals surface area (Å²) in [5, 5.41) is 0. The molecule has 0 N–H and O–H groups in total. The molecule has 0 saturated carbocycles. The summed E-state index contributed by atoms with van der Waals surface area (Å²) in [6, 6.07) is 23.6. The van der Waals surface area contributed by atoms with Crippen molar-refractivity contribution in [2.24, 2.45) is 0 Å². The molecule has 6 rings (SSSR count). The molecule has 0 saturated heterocycles. The molecule has 0 aliphatic rings. The Kier molecular flexibility index (Phi) is 4.11. The third-order valence-electron chi connectivity index (χ3n) is 5.25. The Hall–Kier alpha value is -4.32. The lowest BCUT2D eigenvalue weighted by Gasteiger charge is -2.00. The van der Waals surface area contributed by atoms with E-state index in [1.54, 1.807) is 24.3 Å². The lowest BCUT2D eigenvalue weighted by atomic mass is 10.1. The van der Waals surface area contributed by atoms with Crippen LogP contribution in [0, 0.1) is 11.6 Å². The van der Waals surface area contributed by atoms with Crippen LogP contribution in [0.4, 0.5) is 8.78 Å². The molecule has 0 atom stereocenters. The van der Waals surface area contributed by atoms with Gasteiger partial charge in [0.2, 0.25) is 11.8 Å². The lowest BCUT2D eigenvalue weighted by Crippen LogP contribution is -1.79. The van der Waals surface area contributed by atoms with Crippen molar-refractivity contribution in [2.75, 3.05) is 0 Å². The number of fused-ring (bicyclic) bond motifs is 2. The van der Waals surface area contributed by atoms with E-state index in [1.165, 1.54) is 24.3 Å². The average molecular weight is 424 g/mol. The molecule has 0 bridgehead atoms. The van der Waals surface area contributed by atoms with Gasteiger partial charge in [0.15, 0.2) is 11.2 Å². The first-order valence-electron chi connectivity index (χ1n) is 9.96. The minimum Gasteiger partial charge on any atom is -0.436 e. The van der Waals surface area contributed by atoms with Gasteiger partial charge >= 0.3 is 0 Å². The predicted octanol–water partition coefficient (Wildman–Crippen LogP) is 7.25. The van der Waals surface area contributed by atoms with Gasteiger partial charge in [-0.15, -0.1) is 0 Å². The van der Waals surface area contributed by atoms with Gasteiger partial charge in [-0.1, -0.05) is 24.3 Å². The van der Waals surface area contributed by atoms with Crippen LogP contribution in [0.15, 0.2) is 93.8 Å². The molecule has 6 heteroatoms. The summed E-state index contributed by atoms with van der Waals surface area (Å²) in [5.41, 5.74) is 5.53. The summed E-state index contributed by atoms with van der Waals surface area (Å²) in [4.78, 5) is 8.92. The molecule has 154 valence electrons. The van der Waals surface area contributed by atoms with E-state index in [0.717, 1.165) is 11.1 Å². The number of aromatic nitrogens is 2. The smallest absolute Gasteiger partial charge is 0.227 e. The fraction of sp³-hybridized carbons (Fsp3) is 0. The van der Waals surface area contributed by atoms with E-state index in [1.807, 2.05) is 36.4 Å². The Balaban J connectivity index is 1.39. The Bertz CT molecular complexity index is 1500. The van der Waals surface area contributed by atoms with Crippen molar-refractivity contribution in [3.63, 3.8) is 0 Å². The number of halogens is 2. The van der Waals surface area contributed by atoms with Gasteiger partial charge in [-0.2, -0.15) is 0 Å². The molecule has 4 aromatic carbocycles. The second-order valence-electron chi connectivity index (χ2n) is 7.42. The Morgan fingerprint density at radius 3 is 1.41 bits per heavy atom. The zero-order chi connectivity index (χ0) is 21.7. The van der Waals surface area contributed by atoms with Gasteiger partial charge in [-0.05, 0) is 71.8 Å². The molecular formula is C26H14F2N2O2. The van der Waals surface area contributed by atoms with E-state index >= 15 is 0 Å². The van der Waals surface area contributed by atoms with Crippen molar-refractivity contribution in [1.82, 2.24) is 9.97 Å². The number of hydrogen-bond acceptors (Lipinski definition) is 4. The average Bonchev–Trinajstić information content (AvgIpc) is 3.42. The van der Waals surface area contributed by atoms with Gasteiger partial charge in [-0.3, -0.25) is 0 Å². The monoisotopic (exact) mass is 424 g/mol. The van der Waals surface area contributed by atoms with Crippen LogP contribution in [0.5, 0.6) is 0 Å². The molecular weight excluding hydrogens is 410 g/mol. The Morgan fingerprint density at radius 1 is 0.500 bits per heavy atom. The number of hydrogen-bond donors (Lipinski definition) is 0. The molecule has 0 spiro atoms. The fourth-order valence-corrected chi connectivity index (χ4v) is 3.70. The number of nitrogens with zero attached hydrogens (tertiary/aromatic N) is 2. The molecule has 0 fully saturated rings. The minimum atomic E-state index is -0.344. The highest BCUT2D eigenvalue weighted by atomic mass is 19.1. The van der Waals surface area contributed by atoms with Crippen LogP contribution < -0.4 is 0 Å². The van der Waals surface area contributed by atoms with Gasteiger partial charge in [0.1, 0.15) is 22.7 Å². The molecule has 4 nitrogen and oxygen atoms in total. The van der Waals surface area contributed by atoms with Crippen LogP contribution in [0.2, 0.25) is 0 Å². The second-order valence-corrected chi connectivity index (χ2v) is 7.42. The lowest BCUT2D eigenvalue weighted by molar-refractivity contribution is 0.611. The quantitative estimate of drug-likeness (QED) is 0.300. The summed E-state index contributed by atoms with van der Waals surface area (Å²) >= 11 is 0. The van der Waals surface area contributed by atoms with Gasteiger partial charge in [0, 0.05) is 11.1 Å². The highest BCUT2D eigenvalue weighted by Crippen LogP contribution is 2.32. The number of rotatable bonds is 3. The summed E-state index contributed by atoms with van der Waals surface area (Å²) in [6.45, 7) is 0. The highest BCUT2D eigenvalue weighted by molar-refractivity contribution is 5.86. The molecule has 32 heavy (non-hydrogen) atoms. The number of oxazole rings is 2. The van der Waals surface area contributed by atoms with Crippen molar-refractivity contribution in [3.8, 4) is 34.0 Å². The van der Waals surface area contributed by atoms with E-state index in [0.29, 0.717) is 45.1 Å². The zero-order valence-electron chi connectivity index (χ0n) is 16.5. The third-order valence-corrected chi connectivity index (χ3v) is 5.25. The topological polar surface area (TPSA) is 52.1 Å². The largest absolute Gasteiger partial charge is 0.436 e. The van der Waals surface area contributed by atoms with Gasteiger partial charge in [0.05, 0.1) is 0 Å². The molecule has 2 aromatic heterocycles. The van der Waals surface area contributed by atoms with Crippen molar-refractivity contribution >= 4 is 22.2 Å². The van der Waals surface area contributed by atoms with Crippen molar-refractivity contribution in [1.29, 1.82) is 0 Å². The van der Waals surface area contributed by atoms with E-state index in [-0.39, 0.29) is 11.6 Å². The maximum absolute atomic E-state index is 13.5. The summed E-state index contributed by atoms with van der Waals surface area (Å²) in [5.74, 6) is 0.0379. The molecule has 0 unspecified atom stereocenters. The Labute approximate surface area is 180 Å². The van der Waals surface area contributed by atoms with Crippen molar-refractivity contribution in [3.05, 3.63) is 96.6 Å². The van der Waals surface area contributed by atoms with Crippen LogP contribution in [-0.4, -0.2) is 9.97 Å². The van der Waals surface area contributed by atoms with Crippen LogP contribution >= 0.6 is 0 Å². The third kappa shape index (κ3) is 3.22. The van der Waals surface area contributed by atoms with Crippen molar-refractivity contribution in [2.45, 2.75) is 0 Å². The zero-order valence-corrected chi connectivity index (χ0v) is 16.5. The van der Waals surface area contributed by atoms with Crippen LogP contribution in [0.1, 0.15) is 0 Å².